The lowest BCUT2D eigenvalue weighted by Gasteiger charge is -1.86. The molecule has 5 nitrogen and oxygen atoms in total. The van der Waals surface area contributed by atoms with Gasteiger partial charge in [-0.2, -0.15) is 4.68 Å². The number of hydrogen-bond acceptors (Lipinski definition) is 3. The van der Waals surface area contributed by atoms with Gasteiger partial charge in [-0.15, -0.1) is 5.10 Å². The monoisotopic (exact) mass is 143 g/mol. The summed E-state index contributed by atoms with van der Waals surface area (Å²) in [5.41, 5.74) is 4.81. The molecule has 0 bridgehead atoms. The number of nitrogens with two attached hydrogens (primary N) is 1. The van der Waals surface area contributed by atoms with Gasteiger partial charge >= 0.3 is 6.03 Å². The van der Waals surface area contributed by atoms with Crippen LogP contribution in [0.1, 0.15) is 0 Å². The molecule has 0 aliphatic heterocycles. The molecule has 3 N–H and O–H groups in total. The lowest BCUT2D eigenvalue weighted by atomic mass is 11.0. The second-order valence-electron chi connectivity index (χ2n) is 1.29. The number of aromatic amines is 1. The molecule has 47 valence electrons. The fraction of sp³-hybridized carbons (Fsp3) is 0. The normalized spacial score (nSPS) is 9.33. The Morgan fingerprint density at radius 3 is 2.89 bits per heavy atom. The molecule has 1 aromatic rings. The Labute approximate surface area is 55.5 Å². The van der Waals surface area contributed by atoms with E-state index in [1.807, 2.05) is 0 Å². The summed E-state index contributed by atoms with van der Waals surface area (Å²) in [6.07, 6.45) is 2.26. The van der Waals surface area contributed by atoms with Crippen LogP contribution in [0.5, 0.6) is 0 Å². The van der Waals surface area contributed by atoms with E-state index in [0.29, 0.717) is 0 Å². The van der Waals surface area contributed by atoms with E-state index in [4.69, 9.17) is 5.73 Å². The standard InChI is InChI=1S/C3H3N4OS/c4-2(8)7-3(9)5-1-6-7/h(H2,4,8)(H,5,6,9). The summed E-state index contributed by atoms with van der Waals surface area (Å²) in [4.78, 5) is 12.7. The molecule has 0 unspecified atom stereocenters. The van der Waals surface area contributed by atoms with Crippen molar-refractivity contribution >= 4 is 18.2 Å². The van der Waals surface area contributed by atoms with E-state index in [2.05, 4.69) is 28.6 Å². The van der Waals surface area contributed by atoms with E-state index in [0.717, 1.165) is 4.68 Å². The van der Waals surface area contributed by atoms with Crippen molar-refractivity contribution in [3.8, 4) is 0 Å². The van der Waals surface area contributed by atoms with Crippen molar-refractivity contribution in [2.75, 3.05) is 0 Å². The molecule has 0 aliphatic rings. The molecule has 1 rings (SSSR count). The largest absolute Gasteiger partial charge is 0.350 e. The average Bonchev–Trinajstić information content (AvgIpc) is 2.13. The van der Waals surface area contributed by atoms with Gasteiger partial charge in [0.05, 0.1) is 0 Å². The van der Waals surface area contributed by atoms with Gasteiger partial charge in [-0.05, 0) is 12.2 Å². The van der Waals surface area contributed by atoms with Crippen LogP contribution in [0.25, 0.3) is 0 Å². The van der Waals surface area contributed by atoms with E-state index < -0.39 is 6.03 Å². The number of aromatic nitrogens is 3. The molecule has 0 fully saturated rings. The maximum atomic E-state index is 10.3. The van der Waals surface area contributed by atoms with Crippen molar-refractivity contribution in [1.82, 2.24) is 14.8 Å². The van der Waals surface area contributed by atoms with Gasteiger partial charge in [0.25, 0.3) is 0 Å². The Bertz CT molecular complexity index is 273. The Morgan fingerprint density at radius 1 is 2.00 bits per heavy atom. The maximum absolute atomic E-state index is 10.3. The van der Waals surface area contributed by atoms with Gasteiger partial charge in [0.2, 0.25) is 4.77 Å². The summed E-state index contributed by atoms with van der Waals surface area (Å²) < 4.78 is 0.998. The van der Waals surface area contributed by atoms with Gasteiger partial charge in [0.1, 0.15) is 0 Å². The van der Waals surface area contributed by atoms with Gasteiger partial charge in [-0.3, -0.25) is 0 Å². The first-order chi connectivity index (χ1) is 4.22. The first-order valence-corrected chi connectivity index (χ1v) is 2.48. The number of amides is 1. The van der Waals surface area contributed by atoms with Gasteiger partial charge < -0.3 is 10.7 Å². The second kappa shape index (κ2) is 1.98. The minimum absolute atomic E-state index is 0.155. The minimum Gasteiger partial charge on any atom is -0.350 e. The predicted molar refractivity (Wildman–Crippen MR) is 31.2 cm³/mol. The molecular weight excluding hydrogens is 140 g/mol. The zero-order valence-electron chi connectivity index (χ0n) is 4.29. The highest BCUT2D eigenvalue weighted by Crippen LogP contribution is 1.80. The van der Waals surface area contributed by atoms with Crippen LogP contribution in [0.4, 0.5) is 4.79 Å². The number of primary amides is 1. The molecule has 0 spiro atoms. The molecule has 0 atom stereocenters. The Morgan fingerprint density at radius 2 is 2.67 bits per heavy atom. The quantitative estimate of drug-likeness (QED) is 0.488. The molecule has 0 saturated heterocycles. The zero-order chi connectivity index (χ0) is 6.85. The average molecular weight is 143 g/mol. The van der Waals surface area contributed by atoms with Crippen LogP contribution in [0.2, 0.25) is 0 Å². The van der Waals surface area contributed by atoms with Crippen LogP contribution >= 0.6 is 12.2 Å². The Hall–Kier alpha value is -1.17. The van der Waals surface area contributed by atoms with Gasteiger partial charge in [-0.25, -0.2) is 4.79 Å². The van der Waals surface area contributed by atoms with Crippen LogP contribution in [0, 0.1) is 11.1 Å². The Balaban J connectivity index is 3.24. The van der Waals surface area contributed by atoms with E-state index in [-0.39, 0.29) is 4.77 Å². The van der Waals surface area contributed by atoms with Crippen molar-refractivity contribution in [3.05, 3.63) is 11.1 Å². The number of carbonyl (C=O) groups excluding carboxylic acids is 1. The fourth-order valence-corrected chi connectivity index (χ4v) is 0.547. The molecule has 6 heteroatoms. The summed E-state index contributed by atoms with van der Waals surface area (Å²) >= 11 is 4.57. The van der Waals surface area contributed by atoms with E-state index >= 15 is 0 Å². The first kappa shape index (κ1) is 5.96. The summed E-state index contributed by atoms with van der Waals surface area (Å²) in [5.74, 6) is 0. The van der Waals surface area contributed by atoms with Gasteiger partial charge in [-0.1, -0.05) is 0 Å². The van der Waals surface area contributed by atoms with Crippen molar-refractivity contribution in [3.63, 3.8) is 0 Å². The lowest BCUT2D eigenvalue weighted by Crippen LogP contribution is -2.20. The summed E-state index contributed by atoms with van der Waals surface area (Å²) in [6, 6.07) is -0.711. The van der Waals surface area contributed by atoms with E-state index in [1.54, 1.807) is 0 Å². The van der Waals surface area contributed by atoms with Gasteiger partial charge in [0, 0.05) is 0 Å². The van der Waals surface area contributed by atoms with Crippen molar-refractivity contribution < 1.29 is 4.79 Å². The number of rotatable bonds is 0. The fourth-order valence-electron chi connectivity index (χ4n) is 0.371. The van der Waals surface area contributed by atoms with E-state index in [1.165, 1.54) is 0 Å². The number of hydrogen-bond donors (Lipinski definition) is 2. The predicted octanol–water partition coefficient (Wildman–Crippen LogP) is -0.332. The van der Waals surface area contributed by atoms with Crippen LogP contribution in [0.3, 0.4) is 0 Å². The van der Waals surface area contributed by atoms with Crippen molar-refractivity contribution in [2.45, 2.75) is 0 Å². The van der Waals surface area contributed by atoms with Gasteiger partial charge in [0.15, 0.2) is 6.33 Å². The van der Waals surface area contributed by atoms with Crippen molar-refractivity contribution in [2.24, 2.45) is 5.73 Å². The van der Waals surface area contributed by atoms with Crippen molar-refractivity contribution in [1.29, 1.82) is 0 Å². The molecule has 1 aromatic heterocycles. The number of carbonyl (C=O) groups is 1. The summed E-state index contributed by atoms with van der Waals surface area (Å²) in [7, 11) is 0. The SMILES string of the molecule is NC(=O)n1n[c][nH]c1=S. The third-order valence-corrected chi connectivity index (χ3v) is 0.989. The highest BCUT2D eigenvalue weighted by Gasteiger charge is 1.98. The highest BCUT2D eigenvalue weighted by atomic mass is 32.1. The first-order valence-electron chi connectivity index (χ1n) is 2.07. The molecule has 0 saturated carbocycles. The number of nitrogens with one attached hydrogen (secondary N) is 1. The Kier molecular flexibility index (Phi) is 1.31. The molecule has 1 radical (unpaired) electrons. The molecule has 0 aliphatic carbocycles. The maximum Gasteiger partial charge on any atom is 0.342 e. The summed E-state index contributed by atoms with van der Waals surface area (Å²) in [6.45, 7) is 0. The third-order valence-electron chi connectivity index (χ3n) is 0.714. The number of H-pyrrole nitrogens is 1. The molecule has 0 aromatic carbocycles. The molecule has 1 amide bonds. The second-order valence-corrected chi connectivity index (χ2v) is 1.68. The minimum atomic E-state index is -0.711. The molecule has 1 heterocycles. The van der Waals surface area contributed by atoms with Crippen LogP contribution in [0.15, 0.2) is 0 Å². The lowest BCUT2D eigenvalue weighted by molar-refractivity contribution is 0.247. The topological polar surface area (TPSA) is 76.7 Å². The smallest absolute Gasteiger partial charge is 0.342 e. The zero-order valence-corrected chi connectivity index (χ0v) is 5.10. The summed E-state index contributed by atoms with van der Waals surface area (Å²) in [5, 5.41) is 3.37. The van der Waals surface area contributed by atoms with Crippen LogP contribution < -0.4 is 5.73 Å². The molecular formula is C3H3N4OS. The highest BCUT2D eigenvalue weighted by molar-refractivity contribution is 7.71. The van der Waals surface area contributed by atoms with Crippen LogP contribution in [-0.2, 0) is 0 Å². The molecule has 9 heavy (non-hydrogen) atoms. The third kappa shape index (κ3) is 0.968. The number of nitrogens with zero attached hydrogens (tertiary/aromatic N) is 2. The van der Waals surface area contributed by atoms with Crippen LogP contribution in [-0.4, -0.2) is 20.8 Å². The van der Waals surface area contributed by atoms with E-state index in [9.17, 15) is 4.79 Å².